The predicted molar refractivity (Wildman–Crippen MR) is 77.6 cm³/mol. The summed E-state index contributed by atoms with van der Waals surface area (Å²) in [5, 5.41) is 10.6. The van der Waals surface area contributed by atoms with Crippen LogP contribution in [0.1, 0.15) is 5.56 Å². The van der Waals surface area contributed by atoms with Crippen molar-refractivity contribution in [2.45, 2.75) is 6.92 Å². The van der Waals surface area contributed by atoms with Crippen LogP contribution >= 0.6 is 11.6 Å². The molecule has 3 rings (SSSR count). The van der Waals surface area contributed by atoms with Gasteiger partial charge in [0.2, 0.25) is 0 Å². The molecular formula is C15H13ClN2O. The van der Waals surface area contributed by atoms with E-state index in [0.29, 0.717) is 16.4 Å². The van der Waals surface area contributed by atoms with Crippen molar-refractivity contribution in [3.63, 3.8) is 0 Å². The Kier molecular flexibility index (Phi) is 2.72. The Morgan fingerprint density at radius 1 is 1.16 bits per heavy atom. The Balaban J connectivity index is 2.30. The zero-order chi connectivity index (χ0) is 13.6. The molecule has 0 aliphatic carbocycles. The molecule has 0 saturated heterocycles. The van der Waals surface area contributed by atoms with Gasteiger partial charge in [-0.1, -0.05) is 17.7 Å². The smallest absolute Gasteiger partial charge is 0.144 e. The minimum absolute atomic E-state index is 0.180. The fraction of sp³-hybridized carbons (Fsp3) is 0.133. The van der Waals surface area contributed by atoms with Gasteiger partial charge in [0, 0.05) is 12.1 Å². The van der Waals surface area contributed by atoms with Gasteiger partial charge in [-0.3, -0.25) is 0 Å². The molecule has 0 aliphatic heterocycles. The first-order chi connectivity index (χ1) is 9.06. The molecule has 0 bridgehead atoms. The fourth-order valence-corrected chi connectivity index (χ4v) is 2.41. The third-order valence-corrected chi connectivity index (χ3v) is 3.47. The average Bonchev–Trinajstić information content (AvgIpc) is 2.69. The third-order valence-electron chi connectivity index (χ3n) is 3.24. The molecule has 19 heavy (non-hydrogen) atoms. The number of hydrogen-bond donors (Lipinski definition) is 1. The third kappa shape index (κ3) is 1.96. The molecule has 0 saturated carbocycles. The van der Waals surface area contributed by atoms with Crippen molar-refractivity contribution >= 4 is 22.6 Å². The monoisotopic (exact) mass is 272 g/mol. The van der Waals surface area contributed by atoms with E-state index in [9.17, 15) is 5.11 Å². The van der Waals surface area contributed by atoms with Crippen LogP contribution in [0.4, 0.5) is 0 Å². The zero-order valence-corrected chi connectivity index (χ0v) is 11.4. The average molecular weight is 273 g/mol. The fourth-order valence-electron chi connectivity index (χ4n) is 2.24. The maximum Gasteiger partial charge on any atom is 0.144 e. The van der Waals surface area contributed by atoms with E-state index < -0.39 is 0 Å². The van der Waals surface area contributed by atoms with E-state index in [1.807, 2.05) is 36.7 Å². The predicted octanol–water partition coefficient (Wildman–Crippen LogP) is 3.91. The standard InChI is InChI=1S/C15H13ClN2O/c1-9-3-5-13-12(7-9)17-15(18(13)2)11-8-10(16)4-6-14(11)19/h3-8,19H,1-2H3. The summed E-state index contributed by atoms with van der Waals surface area (Å²) >= 11 is 5.99. The summed E-state index contributed by atoms with van der Waals surface area (Å²) in [6.07, 6.45) is 0. The number of phenolic OH excluding ortho intramolecular Hbond substituents is 1. The maximum atomic E-state index is 9.98. The van der Waals surface area contributed by atoms with Crippen LogP contribution < -0.4 is 0 Å². The normalized spacial score (nSPS) is 11.1. The second-order valence-electron chi connectivity index (χ2n) is 4.65. The van der Waals surface area contributed by atoms with Crippen molar-refractivity contribution in [2.24, 2.45) is 7.05 Å². The number of halogens is 1. The van der Waals surface area contributed by atoms with Gasteiger partial charge >= 0.3 is 0 Å². The lowest BCUT2D eigenvalue weighted by Gasteiger charge is -2.05. The molecule has 4 heteroatoms. The summed E-state index contributed by atoms with van der Waals surface area (Å²) < 4.78 is 1.96. The summed E-state index contributed by atoms with van der Waals surface area (Å²) in [6, 6.07) is 11.1. The molecular weight excluding hydrogens is 260 g/mol. The number of phenols is 1. The van der Waals surface area contributed by atoms with E-state index in [1.165, 1.54) is 0 Å². The molecule has 1 aromatic heterocycles. The van der Waals surface area contributed by atoms with Gasteiger partial charge in [-0.05, 0) is 42.8 Å². The van der Waals surface area contributed by atoms with E-state index in [2.05, 4.69) is 4.98 Å². The maximum absolute atomic E-state index is 9.98. The Morgan fingerprint density at radius 3 is 2.74 bits per heavy atom. The molecule has 0 aliphatic rings. The van der Waals surface area contributed by atoms with Crippen LogP contribution in [0.5, 0.6) is 5.75 Å². The highest BCUT2D eigenvalue weighted by molar-refractivity contribution is 6.30. The zero-order valence-electron chi connectivity index (χ0n) is 10.7. The first-order valence-corrected chi connectivity index (χ1v) is 6.36. The first kappa shape index (κ1) is 12.1. The van der Waals surface area contributed by atoms with E-state index >= 15 is 0 Å². The summed E-state index contributed by atoms with van der Waals surface area (Å²) in [4.78, 5) is 4.59. The number of aromatic nitrogens is 2. The molecule has 2 aromatic carbocycles. The van der Waals surface area contributed by atoms with Crippen LogP contribution in [0.3, 0.4) is 0 Å². The highest BCUT2D eigenvalue weighted by Gasteiger charge is 2.13. The molecule has 1 N–H and O–H groups in total. The second kappa shape index (κ2) is 4.28. The number of fused-ring (bicyclic) bond motifs is 1. The van der Waals surface area contributed by atoms with Gasteiger partial charge in [0.25, 0.3) is 0 Å². The van der Waals surface area contributed by atoms with Crippen molar-refractivity contribution < 1.29 is 5.11 Å². The SMILES string of the molecule is Cc1ccc2c(c1)nc(-c1cc(Cl)ccc1O)n2C. The summed E-state index contributed by atoms with van der Waals surface area (Å²) in [6.45, 7) is 2.03. The first-order valence-electron chi connectivity index (χ1n) is 5.98. The quantitative estimate of drug-likeness (QED) is 0.729. The highest BCUT2D eigenvalue weighted by Crippen LogP contribution is 2.32. The van der Waals surface area contributed by atoms with Crippen molar-refractivity contribution in [1.29, 1.82) is 0 Å². The van der Waals surface area contributed by atoms with Gasteiger partial charge in [-0.2, -0.15) is 0 Å². The molecule has 0 fully saturated rings. The van der Waals surface area contributed by atoms with Crippen LogP contribution in [0.2, 0.25) is 5.02 Å². The number of aryl methyl sites for hydroxylation is 2. The van der Waals surface area contributed by atoms with Crippen LogP contribution in [-0.4, -0.2) is 14.7 Å². The Hall–Kier alpha value is -2.00. The Morgan fingerprint density at radius 2 is 1.95 bits per heavy atom. The summed E-state index contributed by atoms with van der Waals surface area (Å²) in [5.74, 6) is 0.889. The molecule has 0 atom stereocenters. The minimum atomic E-state index is 0.180. The van der Waals surface area contributed by atoms with Crippen molar-refractivity contribution in [3.05, 3.63) is 47.0 Å². The Labute approximate surface area is 116 Å². The van der Waals surface area contributed by atoms with Gasteiger partial charge in [-0.15, -0.1) is 0 Å². The lowest BCUT2D eigenvalue weighted by atomic mass is 10.2. The Bertz CT molecular complexity index is 777. The number of nitrogens with zero attached hydrogens (tertiary/aromatic N) is 2. The van der Waals surface area contributed by atoms with Crippen molar-refractivity contribution in [3.8, 4) is 17.1 Å². The second-order valence-corrected chi connectivity index (χ2v) is 5.08. The summed E-state index contributed by atoms with van der Waals surface area (Å²) in [5.41, 5.74) is 3.74. The topological polar surface area (TPSA) is 38.1 Å². The molecule has 3 aromatic rings. The number of hydrogen-bond acceptors (Lipinski definition) is 2. The van der Waals surface area contributed by atoms with Gasteiger partial charge < -0.3 is 9.67 Å². The van der Waals surface area contributed by atoms with E-state index in [1.54, 1.807) is 18.2 Å². The van der Waals surface area contributed by atoms with Gasteiger partial charge in [0.1, 0.15) is 11.6 Å². The number of imidazole rings is 1. The molecule has 3 nitrogen and oxygen atoms in total. The van der Waals surface area contributed by atoms with Crippen LogP contribution in [0.25, 0.3) is 22.4 Å². The molecule has 0 amide bonds. The number of aromatic hydroxyl groups is 1. The van der Waals surface area contributed by atoms with E-state index in [-0.39, 0.29) is 5.75 Å². The van der Waals surface area contributed by atoms with Crippen LogP contribution in [-0.2, 0) is 7.05 Å². The largest absolute Gasteiger partial charge is 0.507 e. The molecule has 0 unspecified atom stereocenters. The molecule has 0 radical (unpaired) electrons. The molecule has 0 spiro atoms. The summed E-state index contributed by atoms with van der Waals surface area (Å²) in [7, 11) is 1.93. The number of rotatable bonds is 1. The molecule has 1 heterocycles. The van der Waals surface area contributed by atoms with E-state index in [0.717, 1.165) is 16.6 Å². The minimum Gasteiger partial charge on any atom is -0.507 e. The number of benzene rings is 2. The van der Waals surface area contributed by atoms with Gasteiger partial charge in [-0.25, -0.2) is 4.98 Å². The van der Waals surface area contributed by atoms with Gasteiger partial charge in [0.15, 0.2) is 0 Å². The van der Waals surface area contributed by atoms with Gasteiger partial charge in [0.05, 0.1) is 16.6 Å². The van der Waals surface area contributed by atoms with Crippen LogP contribution in [0, 0.1) is 6.92 Å². The molecule has 96 valence electrons. The van der Waals surface area contributed by atoms with E-state index in [4.69, 9.17) is 11.6 Å². The van der Waals surface area contributed by atoms with Crippen molar-refractivity contribution in [2.75, 3.05) is 0 Å². The van der Waals surface area contributed by atoms with Crippen LogP contribution in [0.15, 0.2) is 36.4 Å². The lowest BCUT2D eigenvalue weighted by molar-refractivity contribution is 0.476. The van der Waals surface area contributed by atoms with Crippen molar-refractivity contribution in [1.82, 2.24) is 9.55 Å². The lowest BCUT2D eigenvalue weighted by Crippen LogP contribution is -1.92. The highest BCUT2D eigenvalue weighted by atomic mass is 35.5.